The van der Waals surface area contributed by atoms with Gasteiger partial charge in [-0.2, -0.15) is 5.10 Å². The minimum atomic E-state index is -0.595. The summed E-state index contributed by atoms with van der Waals surface area (Å²) in [6, 6.07) is 9.49. The van der Waals surface area contributed by atoms with Crippen LogP contribution in [-0.4, -0.2) is 41.9 Å². The number of amides is 1. The Bertz CT molecular complexity index is 1340. The summed E-state index contributed by atoms with van der Waals surface area (Å²) in [4.78, 5) is 16.4. The standard InChI is InChI=1S/C23H22FN5O4/c1-25-23(30)15-12-29(2)28-22(15)27-13-5-6-19(16(24)9-13)33-18-7-8-26-17-11-21(32-4)20(31-3)10-14(17)18/h5-12H,1-4H3,(H,25,30)(H,27,28). The van der Waals surface area contributed by atoms with Gasteiger partial charge in [0.15, 0.2) is 28.9 Å². The van der Waals surface area contributed by atoms with Crippen LogP contribution in [0.25, 0.3) is 10.9 Å². The first-order valence-corrected chi connectivity index (χ1v) is 9.94. The average Bonchev–Trinajstić information content (AvgIpc) is 3.19. The van der Waals surface area contributed by atoms with E-state index in [1.165, 1.54) is 38.1 Å². The zero-order valence-electron chi connectivity index (χ0n) is 18.5. The Kier molecular flexibility index (Phi) is 5.99. The van der Waals surface area contributed by atoms with Crippen LogP contribution in [-0.2, 0) is 7.05 Å². The van der Waals surface area contributed by atoms with Gasteiger partial charge in [0.25, 0.3) is 5.91 Å². The third-order valence-corrected chi connectivity index (χ3v) is 4.92. The number of rotatable bonds is 7. The zero-order valence-corrected chi connectivity index (χ0v) is 18.5. The Hall–Kier alpha value is -4.34. The van der Waals surface area contributed by atoms with Gasteiger partial charge in [-0.05, 0) is 24.3 Å². The van der Waals surface area contributed by atoms with E-state index >= 15 is 0 Å². The third kappa shape index (κ3) is 4.36. The first kappa shape index (κ1) is 21.9. The molecule has 1 amide bonds. The van der Waals surface area contributed by atoms with Crippen molar-refractivity contribution in [2.24, 2.45) is 7.05 Å². The average molecular weight is 451 g/mol. The maximum Gasteiger partial charge on any atom is 0.256 e. The Morgan fingerprint density at radius 2 is 1.79 bits per heavy atom. The highest BCUT2D eigenvalue weighted by molar-refractivity contribution is 5.99. The van der Waals surface area contributed by atoms with Crippen LogP contribution in [0.1, 0.15) is 10.4 Å². The number of carbonyl (C=O) groups is 1. The predicted octanol–water partition coefficient (Wildman–Crippen LogP) is 4.02. The monoisotopic (exact) mass is 451 g/mol. The number of fused-ring (bicyclic) bond motifs is 1. The summed E-state index contributed by atoms with van der Waals surface area (Å²) in [6.45, 7) is 0. The fraction of sp³-hybridized carbons (Fsp3) is 0.174. The van der Waals surface area contributed by atoms with Gasteiger partial charge in [0.2, 0.25) is 0 Å². The molecule has 2 heterocycles. The third-order valence-electron chi connectivity index (χ3n) is 4.92. The lowest BCUT2D eigenvalue weighted by Crippen LogP contribution is -2.18. The molecule has 0 saturated heterocycles. The molecule has 0 aliphatic heterocycles. The van der Waals surface area contributed by atoms with E-state index in [1.807, 2.05) is 0 Å². The van der Waals surface area contributed by atoms with Crippen LogP contribution in [0.5, 0.6) is 23.0 Å². The normalized spacial score (nSPS) is 10.7. The largest absolute Gasteiger partial charge is 0.493 e. The van der Waals surface area contributed by atoms with Crippen molar-refractivity contribution >= 4 is 28.3 Å². The lowest BCUT2D eigenvalue weighted by molar-refractivity contribution is 0.0964. The summed E-state index contributed by atoms with van der Waals surface area (Å²) >= 11 is 0. The van der Waals surface area contributed by atoms with E-state index in [4.69, 9.17) is 14.2 Å². The molecule has 0 radical (unpaired) electrons. The highest BCUT2D eigenvalue weighted by Crippen LogP contribution is 2.37. The SMILES string of the molecule is CNC(=O)c1cn(C)nc1Nc1ccc(Oc2ccnc3cc(OC)c(OC)cc23)c(F)c1. The van der Waals surface area contributed by atoms with Crippen LogP contribution in [0, 0.1) is 5.82 Å². The van der Waals surface area contributed by atoms with Crippen LogP contribution < -0.4 is 24.8 Å². The van der Waals surface area contributed by atoms with Gasteiger partial charge in [0.1, 0.15) is 11.3 Å². The van der Waals surface area contributed by atoms with Crippen LogP contribution in [0.4, 0.5) is 15.9 Å². The van der Waals surface area contributed by atoms with Crippen LogP contribution >= 0.6 is 0 Å². The Morgan fingerprint density at radius 3 is 2.48 bits per heavy atom. The second-order valence-electron chi connectivity index (χ2n) is 7.05. The minimum absolute atomic E-state index is 0.0235. The molecule has 170 valence electrons. The Labute approximate surface area is 189 Å². The van der Waals surface area contributed by atoms with E-state index in [0.29, 0.717) is 45.2 Å². The maximum atomic E-state index is 14.9. The highest BCUT2D eigenvalue weighted by Gasteiger charge is 2.16. The molecule has 4 aromatic rings. The molecule has 0 bridgehead atoms. The van der Waals surface area contributed by atoms with E-state index in [9.17, 15) is 9.18 Å². The van der Waals surface area contributed by atoms with Crippen molar-refractivity contribution in [1.29, 1.82) is 0 Å². The second kappa shape index (κ2) is 9.03. The van der Waals surface area contributed by atoms with E-state index in [0.717, 1.165) is 0 Å². The summed E-state index contributed by atoms with van der Waals surface area (Å²) in [5.74, 6) is 0.881. The number of ether oxygens (including phenoxy) is 3. The molecule has 0 saturated carbocycles. The van der Waals surface area contributed by atoms with E-state index in [2.05, 4.69) is 20.7 Å². The number of hydrogen-bond acceptors (Lipinski definition) is 7. The van der Waals surface area contributed by atoms with Gasteiger partial charge in [0.05, 0.1) is 19.7 Å². The topological polar surface area (TPSA) is 99.5 Å². The van der Waals surface area contributed by atoms with Crippen molar-refractivity contribution in [2.75, 3.05) is 26.6 Å². The molecule has 0 fully saturated rings. The molecule has 10 heteroatoms. The van der Waals surface area contributed by atoms with Crippen LogP contribution in [0.15, 0.2) is 48.8 Å². The Morgan fingerprint density at radius 1 is 1.03 bits per heavy atom. The smallest absolute Gasteiger partial charge is 0.256 e. The fourth-order valence-electron chi connectivity index (χ4n) is 3.33. The summed E-state index contributed by atoms with van der Waals surface area (Å²) < 4.78 is 32.9. The van der Waals surface area contributed by atoms with E-state index in [-0.39, 0.29) is 11.7 Å². The molecule has 0 spiro atoms. The molecule has 0 aliphatic rings. The van der Waals surface area contributed by atoms with Gasteiger partial charge in [-0.1, -0.05) is 0 Å². The van der Waals surface area contributed by atoms with E-state index in [1.54, 1.807) is 43.7 Å². The van der Waals surface area contributed by atoms with Crippen molar-refractivity contribution in [3.8, 4) is 23.0 Å². The minimum Gasteiger partial charge on any atom is -0.493 e. The number of anilines is 2. The maximum absolute atomic E-state index is 14.9. The molecule has 0 aliphatic carbocycles. The molecule has 0 atom stereocenters. The summed E-state index contributed by atoms with van der Waals surface area (Å²) in [5, 5.41) is 10.4. The first-order valence-electron chi connectivity index (χ1n) is 9.94. The quantitative estimate of drug-likeness (QED) is 0.438. The number of pyridine rings is 1. The first-order chi connectivity index (χ1) is 15.9. The summed E-state index contributed by atoms with van der Waals surface area (Å²) in [6.07, 6.45) is 3.14. The second-order valence-corrected chi connectivity index (χ2v) is 7.05. The number of nitrogens with one attached hydrogen (secondary N) is 2. The number of methoxy groups -OCH3 is 2. The fourth-order valence-corrected chi connectivity index (χ4v) is 3.33. The van der Waals surface area contributed by atoms with Crippen molar-refractivity contribution in [3.63, 3.8) is 0 Å². The molecule has 0 unspecified atom stereocenters. The number of hydrogen-bond donors (Lipinski definition) is 2. The number of benzene rings is 2. The Balaban J connectivity index is 1.62. The van der Waals surface area contributed by atoms with Gasteiger partial charge < -0.3 is 24.8 Å². The number of carbonyl (C=O) groups excluding carboxylic acids is 1. The van der Waals surface area contributed by atoms with Gasteiger partial charge in [-0.15, -0.1) is 0 Å². The number of aromatic nitrogens is 3. The molecule has 9 nitrogen and oxygen atoms in total. The zero-order chi connectivity index (χ0) is 23.5. The molecule has 33 heavy (non-hydrogen) atoms. The molecule has 2 N–H and O–H groups in total. The van der Waals surface area contributed by atoms with Crippen molar-refractivity contribution in [2.45, 2.75) is 0 Å². The van der Waals surface area contributed by atoms with Crippen molar-refractivity contribution < 1.29 is 23.4 Å². The molecule has 2 aromatic heterocycles. The van der Waals surface area contributed by atoms with Gasteiger partial charge >= 0.3 is 0 Å². The van der Waals surface area contributed by atoms with Crippen LogP contribution in [0.3, 0.4) is 0 Å². The van der Waals surface area contributed by atoms with Crippen molar-refractivity contribution in [3.05, 3.63) is 60.2 Å². The lowest BCUT2D eigenvalue weighted by atomic mass is 10.2. The number of aryl methyl sites for hydroxylation is 1. The number of nitrogens with zero attached hydrogens (tertiary/aromatic N) is 3. The van der Waals surface area contributed by atoms with Gasteiger partial charge in [0, 0.05) is 49.7 Å². The van der Waals surface area contributed by atoms with E-state index < -0.39 is 5.82 Å². The highest BCUT2D eigenvalue weighted by atomic mass is 19.1. The molecular formula is C23H22FN5O4. The predicted molar refractivity (Wildman–Crippen MR) is 121 cm³/mol. The summed E-state index contributed by atoms with van der Waals surface area (Å²) in [5.41, 5.74) is 1.36. The van der Waals surface area contributed by atoms with Crippen LogP contribution in [0.2, 0.25) is 0 Å². The molecular weight excluding hydrogens is 429 g/mol. The van der Waals surface area contributed by atoms with Gasteiger partial charge in [-0.3, -0.25) is 14.5 Å². The van der Waals surface area contributed by atoms with Crippen molar-refractivity contribution in [1.82, 2.24) is 20.1 Å². The molecule has 2 aromatic carbocycles. The number of halogens is 1. The molecule has 4 rings (SSSR count). The van der Waals surface area contributed by atoms with Gasteiger partial charge in [-0.25, -0.2) is 4.39 Å². The lowest BCUT2D eigenvalue weighted by Gasteiger charge is -2.13. The summed E-state index contributed by atoms with van der Waals surface area (Å²) in [7, 11) is 6.29.